The summed E-state index contributed by atoms with van der Waals surface area (Å²) in [5.74, 6) is 3.63. The van der Waals surface area contributed by atoms with Gasteiger partial charge in [0.15, 0.2) is 0 Å². The molecular formula is C54H92S4Si4. The lowest BCUT2D eigenvalue weighted by molar-refractivity contribution is 0.469. The Morgan fingerprint density at radius 2 is 0.710 bits per heavy atom. The zero-order valence-electron chi connectivity index (χ0n) is 42.5. The Hall–Kier alpha value is -0.332. The quantitative estimate of drug-likeness (QED) is 0.0550. The smallest absolute Gasteiger partial charge is 0.122 e. The van der Waals surface area contributed by atoms with Crippen molar-refractivity contribution < 1.29 is 0 Å². The second kappa shape index (κ2) is 23.6. The summed E-state index contributed by atoms with van der Waals surface area (Å²) in [4.78, 5) is 6.80. The third kappa shape index (κ3) is 11.8. The van der Waals surface area contributed by atoms with E-state index in [1.54, 1.807) is 28.5 Å². The molecule has 0 amide bonds. The fourth-order valence-electron chi connectivity index (χ4n) is 11.4. The molecule has 0 spiro atoms. The minimum atomic E-state index is -1.79. The van der Waals surface area contributed by atoms with Crippen LogP contribution in [0.2, 0.25) is 63.5 Å². The molecule has 0 aliphatic carbocycles. The molecule has 8 heteroatoms. The van der Waals surface area contributed by atoms with Gasteiger partial charge in [0.1, 0.15) is 16.1 Å². The van der Waals surface area contributed by atoms with Crippen LogP contribution in [0.5, 0.6) is 0 Å². The van der Waals surface area contributed by atoms with E-state index in [-0.39, 0.29) is 0 Å². The zero-order valence-corrected chi connectivity index (χ0v) is 49.8. The molecule has 0 bridgehead atoms. The van der Waals surface area contributed by atoms with Crippen molar-refractivity contribution >= 4 is 107 Å². The van der Waals surface area contributed by atoms with Gasteiger partial charge in [0.25, 0.3) is 0 Å². The molecule has 348 valence electrons. The van der Waals surface area contributed by atoms with Gasteiger partial charge in [-0.2, -0.15) is 0 Å². The van der Waals surface area contributed by atoms with Crippen LogP contribution in [-0.2, 0) is 0 Å². The van der Waals surface area contributed by atoms with Crippen molar-refractivity contribution in [3.8, 4) is 19.5 Å². The van der Waals surface area contributed by atoms with Gasteiger partial charge < -0.3 is 0 Å². The van der Waals surface area contributed by atoms with Crippen LogP contribution in [0.3, 0.4) is 0 Å². The van der Waals surface area contributed by atoms with Crippen molar-refractivity contribution in [1.29, 1.82) is 0 Å². The molecule has 2 aliphatic heterocycles. The maximum Gasteiger partial charge on any atom is 0.122 e. The molecule has 6 heterocycles. The van der Waals surface area contributed by atoms with E-state index in [4.69, 9.17) is 0 Å². The van der Waals surface area contributed by atoms with Gasteiger partial charge in [-0.15, -0.1) is 45.3 Å². The lowest BCUT2D eigenvalue weighted by Crippen LogP contribution is -2.58. The highest BCUT2D eigenvalue weighted by molar-refractivity contribution is 7.38. The monoisotopic (exact) mass is 981 g/mol. The second-order valence-electron chi connectivity index (χ2n) is 22.2. The van der Waals surface area contributed by atoms with Gasteiger partial charge >= 0.3 is 0 Å². The molecule has 0 aromatic carbocycles. The van der Waals surface area contributed by atoms with Gasteiger partial charge in [0.2, 0.25) is 0 Å². The summed E-state index contributed by atoms with van der Waals surface area (Å²) in [6.07, 6.45) is 22.2. The largest absolute Gasteiger partial charge is 0.144 e. The van der Waals surface area contributed by atoms with Gasteiger partial charge in [0, 0.05) is 19.5 Å². The lowest BCUT2D eigenvalue weighted by atomic mass is 10.0. The molecule has 62 heavy (non-hydrogen) atoms. The Balaban J connectivity index is 0.000000242. The summed E-state index contributed by atoms with van der Waals surface area (Å²) in [6, 6.07) is 16.7. The normalized spacial score (nSPS) is 16.9. The number of unbranched alkanes of at least 4 members (excludes halogenated alkanes) is 4. The predicted molar refractivity (Wildman–Crippen MR) is 304 cm³/mol. The summed E-state index contributed by atoms with van der Waals surface area (Å²) in [7, 11) is -6.06. The summed E-state index contributed by atoms with van der Waals surface area (Å²) in [6.45, 7) is 34.7. The van der Waals surface area contributed by atoms with E-state index in [1.165, 1.54) is 127 Å². The Kier molecular flexibility index (Phi) is 20.0. The van der Waals surface area contributed by atoms with Crippen molar-refractivity contribution in [2.45, 2.75) is 222 Å². The van der Waals surface area contributed by atoms with E-state index in [0.29, 0.717) is 0 Å². The Bertz CT molecular complexity index is 1790. The first-order valence-electron chi connectivity index (χ1n) is 26.1. The highest BCUT2D eigenvalue weighted by Gasteiger charge is 2.51. The average Bonchev–Trinajstić information content (AvgIpc) is 4.10. The fraction of sp³-hybridized carbons (Fsp3) is 0.704. The highest BCUT2D eigenvalue weighted by Crippen LogP contribution is 2.45. The minimum absolute atomic E-state index is 0.898. The standard InChI is InChI=1S/C30H54S2Si3.C24H38S2Si/c1-11-15-17-23(13-3)21-35(22-24(14-4)18-16-12-2)25-19-27(33(5,6)7)31-29(25)30-26(35)20-28(32-30)34(8,9)10;1-5-9-11-19(7-3)17-27(18-20(8-4)12-10-6-2)21-13-15-25-23(21)24-22(27)14-16-26-24/h19-20,23-24H,11-18,21-22H2,1-10H3;13-16,19-20H,5-12,17-18H2,1-4H3. The van der Waals surface area contributed by atoms with Crippen LogP contribution >= 0.6 is 45.3 Å². The molecule has 0 radical (unpaired) electrons. The predicted octanol–water partition coefficient (Wildman–Crippen LogP) is 16.7. The van der Waals surface area contributed by atoms with Crippen molar-refractivity contribution in [2.75, 3.05) is 0 Å². The Labute approximate surface area is 404 Å². The molecule has 0 nitrogen and oxygen atoms in total. The fourth-order valence-corrected chi connectivity index (χ4v) is 35.7. The van der Waals surface area contributed by atoms with E-state index < -0.39 is 32.3 Å². The van der Waals surface area contributed by atoms with Gasteiger partial charge in [0.05, 0.1) is 16.1 Å². The minimum Gasteiger partial charge on any atom is -0.144 e. The molecule has 2 aliphatic rings. The third-order valence-corrected chi connectivity index (χ3v) is 38.6. The van der Waals surface area contributed by atoms with E-state index in [9.17, 15) is 0 Å². The topological polar surface area (TPSA) is 0 Å². The van der Waals surface area contributed by atoms with Crippen LogP contribution < -0.4 is 29.7 Å². The summed E-state index contributed by atoms with van der Waals surface area (Å²) in [5, 5.41) is 12.2. The first kappa shape index (κ1) is 52.6. The number of hydrogen-bond donors (Lipinski definition) is 0. The first-order valence-corrected chi connectivity index (χ1v) is 41.3. The maximum atomic E-state index is 2.80. The number of fused-ring (bicyclic) bond motifs is 6. The van der Waals surface area contributed by atoms with Crippen molar-refractivity contribution in [2.24, 2.45) is 23.7 Å². The van der Waals surface area contributed by atoms with Gasteiger partial charge in [-0.05, 0) is 88.4 Å². The molecular weight excluding hydrogens is 889 g/mol. The van der Waals surface area contributed by atoms with Crippen molar-refractivity contribution in [3.63, 3.8) is 0 Å². The maximum absolute atomic E-state index is 2.80. The number of rotatable bonds is 26. The molecule has 0 saturated heterocycles. The van der Waals surface area contributed by atoms with E-state index >= 15 is 0 Å². The van der Waals surface area contributed by atoms with Crippen LogP contribution in [0.25, 0.3) is 19.5 Å². The Morgan fingerprint density at radius 1 is 0.419 bits per heavy atom. The van der Waals surface area contributed by atoms with E-state index in [2.05, 4.69) is 152 Å². The summed E-state index contributed by atoms with van der Waals surface area (Å²) < 4.78 is 3.52. The van der Waals surface area contributed by atoms with Crippen molar-refractivity contribution in [1.82, 2.24) is 0 Å². The SMILES string of the molecule is CCCCC(CC)C[Si]1(CC(CC)CCCC)c2cc([Si](C)(C)C)sc2-c2sc([Si](C)(C)C)cc21.CCCCC(CC)C[Si]1(CC(CC)CCCC)c2ccsc2-c2sccc21. The molecule has 0 saturated carbocycles. The van der Waals surface area contributed by atoms with Gasteiger partial charge in [-0.25, -0.2) is 0 Å². The van der Waals surface area contributed by atoms with Gasteiger partial charge in [-0.1, -0.05) is 222 Å². The molecule has 4 aromatic rings. The van der Waals surface area contributed by atoms with Crippen LogP contribution in [0, 0.1) is 23.7 Å². The molecule has 4 unspecified atom stereocenters. The van der Waals surface area contributed by atoms with Crippen LogP contribution in [0.15, 0.2) is 35.0 Å². The molecule has 0 N–H and O–H groups in total. The van der Waals surface area contributed by atoms with Crippen LogP contribution in [0.1, 0.15) is 158 Å². The van der Waals surface area contributed by atoms with Crippen LogP contribution in [0.4, 0.5) is 0 Å². The molecule has 4 atom stereocenters. The zero-order chi connectivity index (χ0) is 45.3. The van der Waals surface area contributed by atoms with Crippen molar-refractivity contribution in [3.05, 3.63) is 35.0 Å². The summed E-state index contributed by atoms with van der Waals surface area (Å²) >= 11 is 8.47. The average molecular weight is 982 g/mol. The number of hydrogen-bond acceptors (Lipinski definition) is 4. The number of thiophene rings is 4. The first-order chi connectivity index (χ1) is 29.6. The van der Waals surface area contributed by atoms with Crippen LogP contribution in [-0.4, -0.2) is 32.3 Å². The molecule has 6 rings (SSSR count). The lowest BCUT2D eigenvalue weighted by Gasteiger charge is -2.36. The third-order valence-electron chi connectivity index (χ3n) is 15.5. The molecule has 0 fully saturated rings. The Morgan fingerprint density at radius 3 is 0.968 bits per heavy atom. The summed E-state index contributed by atoms with van der Waals surface area (Å²) in [5.41, 5.74) is 0. The van der Waals surface area contributed by atoms with Gasteiger partial charge in [-0.3, -0.25) is 0 Å². The second-order valence-corrected chi connectivity index (χ2v) is 45.0. The van der Waals surface area contributed by atoms with E-state index in [1.807, 2.05) is 43.4 Å². The highest BCUT2D eigenvalue weighted by atomic mass is 32.1. The van der Waals surface area contributed by atoms with E-state index in [0.717, 1.165) is 23.7 Å². The molecule has 4 aromatic heterocycles.